The number of hydrogen-bond donors (Lipinski definition) is 0. The minimum Gasteiger partial charge on any atom is -0.322 e. The Balaban J connectivity index is 2.48. The Labute approximate surface area is 103 Å². The van der Waals surface area contributed by atoms with Gasteiger partial charge in [-0.1, -0.05) is 0 Å². The second-order valence-electron chi connectivity index (χ2n) is 5.17. The molecule has 1 saturated carbocycles. The van der Waals surface area contributed by atoms with Crippen molar-refractivity contribution in [2.24, 2.45) is 7.05 Å². The highest BCUT2D eigenvalue weighted by atomic mass is 16.2. The molecule has 2 aromatic rings. The second kappa shape index (κ2) is 3.57. The van der Waals surface area contributed by atoms with Crippen molar-refractivity contribution in [1.29, 1.82) is 0 Å². The molecule has 1 fully saturated rings. The lowest BCUT2D eigenvalue weighted by atomic mass is 10.3. The normalized spacial score (nSPS) is 15.8. The number of nitrogens with zero attached hydrogens (tertiary/aromatic N) is 4. The fraction of sp³-hybridized carbons (Fsp3) is 0.583. The molecule has 1 aliphatic carbocycles. The Morgan fingerprint density at radius 3 is 2.56 bits per heavy atom. The molecule has 0 radical (unpaired) electrons. The Kier molecular flexibility index (Phi) is 2.23. The topological polar surface area (TPSA) is 61.8 Å². The summed E-state index contributed by atoms with van der Waals surface area (Å²) in [7, 11) is 1.66. The van der Waals surface area contributed by atoms with Gasteiger partial charge >= 0.3 is 5.69 Å². The molecule has 1 aliphatic rings. The van der Waals surface area contributed by atoms with Crippen LogP contribution in [0.2, 0.25) is 0 Å². The molecular weight excluding hydrogens is 232 g/mol. The first kappa shape index (κ1) is 11.3. The summed E-state index contributed by atoms with van der Waals surface area (Å²) in [5, 5.41) is 0. The smallest absolute Gasteiger partial charge is 0.322 e. The van der Waals surface area contributed by atoms with Gasteiger partial charge in [-0.2, -0.15) is 0 Å². The zero-order valence-corrected chi connectivity index (χ0v) is 10.8. The third-order valence-corrected chi connectivity index (χ3v) is 3.46. The standard InChI is InChI=1S/C12H16N4O2/c1-7(2)16-11(17)9-10(14(3)12(16)18)13-6-15(9)8-4-5-8/h6-8H,4-5H2,1-3H3. The Morgan fingerprint density at radius 1 is 1.33 bits per heavy atom. The van der Waals surface area contributed by atoms with E-state index in [-0.39, 0.29) is 17.3 Å². The molecule has 0 aliphatic heterocycles. The quantitative estimate of drug-likeness (QED) is 0.790. The first-order valence-corrected chi connectivity index (χ1v) is 6.20. The summed E-state index contributed by atoms with van der Waals surface area (Å²) < 4.78 is 4.66. The molecule has 0 bridgehead atoms. The number of imidazole rings is 1. The van der Waals surface area contributed by atoms with Crippen LogP contribution >= 0.6 is 0 Å². The summed E-state index contributed by atoms with van der Waals surface area (Å²) in [6.45, 7) is 3.68. The number of aryl methyl sites for hydroxylation is 1. The van der Waals surface area contributed by atoms with Crippen molar-refractivity contribution in [3.8, 4) is 0 Å². The molecule has 2 heterocycles. The molecule has 2 aromatic heterocycles. The first-order chi connectivity index (χ1) is 8.52. The SMILES string of the molecule is CC(C)n1c(=O)c2c(ncn2C2CC2)n(C)c1=O. The Bertz CT molecular complexity index is 731. The van der Waals surface area contributed by atoms with Crippen molar-refractivity contribution >= 4 is 11.2 Å². The first-order valence-electron chi connectivity index (χ1n) is 6.20. The molecule has 0 unspecified atom stereocenters. The monoisotopic (exact) mass is 248 g/mol. The zero-order chi connectivity index (χ0) is 13.0. The van der Waals surface area contributed by atoms with Crippen LogP contribution in [0.1, 0.15) is 38.8 Å². The molecule has 6 nitrogen and oxygen atoms in total. The van der Waals surface area contributed by atoms with Crippen molar-refractivity contribution in [1.82, 2.24) is 18.7 Å². The van der Waals surface area contributed by atoms with Crippen LogP contribution in [0.5, 0.6) is 0 Å². The Hall–Kier alpha value is -1.85. The van der Waals surface area contributed by atoms with Crippen LogP contribution in [0.25, 0.3) is 11.2 Å². The van der Waals surface area contributed by atoms with E-state index in [4.69, 9.17) is 0 Å². The summed E-state index contributed by atoms with van der Waals surface area (Å²) in [5.74, 6) is 0. The Morgan fingerprint density at radius 2 is 2.00 bits per heavy atom. The molecule has 0 aromatic carbocycles. The number of hydrogen-bond acceptors (Lipinski definition) is 3. The number of fused-ring (bicyclic) bond motifs is 1. The lowest BCUT2D eigenvalue weighted by molar-refractivity contribution is 0.529. The van der Waals surface area contributed by atoms with Crippen molar-refractivity contribution < 1.29 is 0 Å². The zero-order valence-electron chi connectivity index (χ0n) is 10.8. The molecule has 0 N–H and O–H groups in total. The van der Waals surface area contributed by atoms with Crippen LogP contribution in [-0.4, -0.2) is 18.7 Å². The molecule has 0 saturated heterocycles. The fourth-order valence-electron chi connectivity index (χ4n) is 2.34. The average Bonchev–Trinajstić information content (AvgIpc) is 3.05. The van der Waals surface area contributed by atoms with Crippen LogP contribution in [-0.2, 0) is 7.05 Å². The average molecular weight is 248 g/mol. The van der Waals surface area contributed by atoms with Crippen molar-refractivity contribution in [2.45, 2.75) is 38.8 Å². The third-order valence-electron chi connectivity index (χ3n) is 3.46. The van der Waals surface area contributed by atoms with Crippen molar-refractivity contribution in [3.63, 3.8) is 0 Å². The molecule has 3 rings (SSSR count). The van der Waals surface area contributed by atoms with Crippen LogP contribution < -0.4 is 11.2 Å². The van der Waals surface area contributed by atoms with Gasteiger partial charge in [-0.25, -0.2) is 9.78 Å². The van der Waals surface area contributed by atoms with Gasteiger partial charge in [-0.05, 0) is 26.7 Å². The third kappa shape index (κ3) is 1.38. The van der Waals surface area contributed by atoms with Crippen LogP contribution in [0.15, 0.2) is 15.9 Å². The van der Waals surface area contributed by atoms with Gasteiger partial charge in [0.15, 0.2) is 11.2 Å². The van der Waals surface area contributed by atoms with Gasteiger partial charge in [0, 0.05) is 19.1 Å². The number of rotatable bonds is 2. The molecule has 6 heteroatoms. The summed E-state index contributed by atoms with van der Waals surface area (Å²) in [4.78, 5) is 28.8. The second-order valence-corrected chi connectivity index (χ2v) is 5.17. The highest BCUT2D eigenvalue weighted by Gasteiger charge is 2.28. The van der Waals surface area contributed by atoms with E-state index in [1.165, 1.54) is 9.13 Å². The molecule has 18 heavy (non-hydrogen) atoms. The van der Waals surface area contributed by atoms with Crippen LogP contribution in [0, 0.1) is 0 Å². The maximum atomic E-state index is 12.4. The summed E-state index contributed by atoms with van der Waals surface area (Å²) in [6.07, 6.45) is 3.83. The molecule has 0 spiro atoms. The van der Waals surface area contributed by atoms with E-state index >= 15 is 0 Å². The van der Waals surface area contributed by atoms with Crippen LogP contribution in [0.4, 0.5) is 0 Å². The molecule has 96 valence electrons. The summed E-state index contributed by atoms with van der Waals surface area (Å²) in [5.41, 5.74) is 0.498. The van der Waals surface area contributed by atoms with E-state index in [1.54, 1.807) is 13.4 Å². The van der Waals surface area contributed by atoms with Gasteiger partial charge in [0.1, 0.15) is 0 Å². The van der Waals surface area contributed by atoms with Crippen molar-refractivity contribution in [3.05, 3.63) is 27.2 Å². The molecular formula is C12H16N4O2. The lowest BCUT2D eigenvalue weighted by Gasteiger charge is -2.11. The predicted octanol–water partition coefficient (Wildman–Crippen LogP) is 0.812. The minimum absolute atomic E-state index is 0.150. The minimum atomic E-state index is -0.302. The van der Waals surface area contributed by atoms with E-state index in [0.29, 0.717) is 17.2 Å². The van der Waals surface area contributed by atoms with E-state index in [9.17, 15) is 9.59 Å². The fourth-order valence-corrected chi connectivity index (χ4v) is 2.34. The lowest BCUT2D eigenvalue weighted by Crippen LogP contribution is -2.40. The van der Waals surface area contributed by atoms with Gasteiger partial charge in [0.2, 0.25) is 0 Å². The highest BCUT2D eigenvalue weighted by molar-refractivity contribution is 5.70. The van der Waals surface area contributed by atoms with Gasteiger partial charge in [-0.3, -0.25) is 13.9 Å². The summed E-state index contributed by atoms with van der Waals surface area (Å²) in [6, 6.07) is 0.226. The van der Waals surface area contributed by atoms with E-state index in [0.717, 1.165) is 12.8 Å². The molecule has 0 atom stereocenters. The van der Waals surface area contributed by atoms with Gasteiger partial charge in [-0.15, -0.1) is 0 Å². The molecule has 0 amide bonds. The van der Waals surface area contributed by atoms with E-state index in [2.05, 4.69) is 4.98 Å². The summed E-state index contributed by atoms with van der Waals surface area (Å²) >= 11 is 0. The van der Waals surface area contributed by atoms with E-state index < -0.39 is 0 Å². The van der Waals surface area contributed by atoms with Crippen molar-refractivity contribution in [2.75, 3.05) is 0 Å². The predicted molar refractivity (Wildman–Crippen MR) is 67.9 cm³/mol. The highest BCUT2D eigenvalue weighted by Crippen LogP contribution is 2.36. The maximum Gasteiger partial charge on any atom is 0.332 e. The number of aromatic nitrogens is 4. The van der Waals surface area contributed by atoms with Gasteiger partial charge < -0.3 is 4.57 Å². The van der Waals surface area contributed by atoms with Crippen LogP contribution in [0.3, 0.4) is 0 Å². The largest absolute Gasteiger partial charge is 0.332 e. The van der Waals surface area contributed by atoms with Gasteiger partial charge in [0.25, 0.3) is 5.56 Å². The van der Waals surface area contributed by atoms with E-state index in [1.807, 2.05) is 18.4 Å². The maximum absolute atomic E-state index is 12.4. The van der Waals surface area contributed by atoms with Gasteiger partial charge in [0.05, 0.1) is 6.33 Å².